The molecule has 2 heterocycles. The molecular weight excluding hydrogens is 414 g/mol. The summed E-state index contributed by atoms with van der Waals surface area (Å²) in [6.07, 6.45) is 3.95. The molecule has 1 aromatic carbocycles. The van der Waals surface area contributed by atoms with E-state index in [2.05, 4.69) is 21.5 Å². The number of aromatic nitrogens is 1. The normalized spacial score (nSPS) is 21.6. The molecule has 1 aliphatic heterocycles. The van der Waals surface area contributed by atoms with Gasteiger partial charge in [-0.15, -0.1) is 0 Å². The molecule has 1 N–H and O–H groups in total. The van der Waals surface area contributed by atoms with Crippen molar-refractivity contribution in [1.29, 1.82) is 0 Å². The molecule has 1 aromatic heterocycles. The molecule has 2 aromatic rings. The van der Waals surface area contributed by atoms with Crippen molar-refractivity contribution in [3.63, 3.8) is 0 Å². The number of hydrogen-bond donors (Lipinski definition) is 1. The summed E-state index contributed by atoms with van der Waals surface area (Å²) in [5, 5.41) is 0. The van der Waals surface area contributed by atoms with Gasteiger partial charge in [0.25, 0.3) is 10.0 Å². The summed E-state index contributed by atoms with van der Waals surface area (Å²) in [5.74, 6) is 0.746. The highest BCUT2D eigenvalue weighted by molar-refractivity contribution is 7.92. The standard InChI is InChI=1S/C23H31N3O4S/c1-4-26-11-9-17-15-22(23(30-3)24-21(17)10-12-26)25-31(27,28)20-7-5-16(6-8-20)18-13-19(14-18)29-2/h5-8,15,18-19,25H,4,9-14H2,1-3H3/t18-,19+. The summed E-state index contributed by atoms with van der Waals surface area (Å²) in [4.78, 5) is 7.22. The van der Waals surface area contributed by atoms with Crippen LogP contribution in [0.4, 0.5) is 5.69 Å². The van der Waals surface area contributed by atoms with Gasteiger partial charge >= 0.3 is 0 Å². The number of nitrogens with zero attached hydrogens (tertiary/aromatic N) is 2. The number of anilines is 1. The lowest BCUT2D eigenvalue weighted by Crippen LogP contribution is -2.28. The molecule has 168 valence electrons. The number of ether oxygens (including phenoxy) is 2. The Morgan fingerprint density at radius 3 is 2.48 bits per heavy atom. The zero-order valence-electron chi connectivity index (χ0n) is 18.4. The third-order valence-electron chi connectivity index (χ3n) is 6.49. The van der Waals surface area contributed by atoms with E-state index in [0.717, 1.165) is 62.1 Å². The number of hydrogen-bond acceptors (Lipinski definition) is 6. The van der Waals surface area contributed by atoms with Crippen LogP contribution in [0.2, 0.25) is 0 Å². The Hall–Kier alpha value is -2.16. The first-order valence-electron chi connectivity index (χ1n) is 10.9. The minimum Gasteiger partial charge on any atom is -0.479 e. The Labute approximate surface area is 184 Å². The molecule has 4 rings (SSSR count). The van der Waals surface area contributed by atoms with Crippen molar-refractivity contribution in [3.8, 4) is 5.88 Å². The Morgan fingerprint density at radius 2 is 1.84 bits per heavy atom. The van der Waals surface area contributed by atoms with E-state index in [1.165, 1.54) is 7.11 Å². The van der Waals surface area contributed by atoms with Gasteiger partial charge in [0, 0.05) is 32.3 Å². The quantitative estimate of drug-likeness (QED) is 0.705. The van der Waals surface area contributed by atoms with Crippen molar-refractivity contribution < 1.29 is 17.9 Å². The molecule has 0 spiro atoms. The first-order chi connectivity index (χ1) is 14.9. The summed E-state index contributed by atoms with van der Waals surface area (Å²) in [6.45, 7) is 5.03. The Balaban J connectivity index is 1.53. The highest BCUT2D eigenvalue weighted by Gasteiger charge is 2.30. The van der Waals surface area contributed by atoms with Crippen LogP contribution in [-0.4, -0.2) is 58.3 Å². The highest BCUT2D eigenvalue weighted by Crippen LogP contribution is 2.38. The largest absolute Gasteiger partial charge is 0.479 e. The van der Waals surface area contributed by atoms with E-state index >= 15 is 0 Å². The Kier molecular flexibility index (Phi) is 6.50. The molecule has 0 radical (unpaired) electrons. The second-order valence-electron chi connectivity index (χ2n) is 8.29. The van der Waals surface area contributed by atoms with Crippen molar-refractivity contribution >= 4 is 15.7 Å². The fourth-order valence-electron chi connectivity index (χ4n) is 4.36. The van der Waals surface area contributed by atoms with Gasteiger partial charge in [0.05, 0.1) is 18.1 Å². The van der Waals surface area contributed by atoms with Crippen LogP contribution in [0.5, 0.6) is 5.88 Å². The number of likely N-dealkylation sites (N-methyl/N-ethyl adjacent to an activating group) is 1. The van der Waals surface area contributed by atoms with Crippen LogP contribution < -0.4 is 9.46 Å². The summed E-state index contributed by atoms with van der Waals surface area (Å²) in [5.41, 5.74) is 3.59. The highest BCUT2D eigenvalue weighted by atomic mass is 32.2. The zero-order chi connectivity index (χ0) is 22.0. The van der Waals surface area contributed by atoms with Crippen LogP contribution in [0.25, 0.3) is 0 Å². The molecular formula is C23H31N3O4S. The molecule has 1 saturated carbocycles. The molecule has 1 fully saturated rings. The van der Waals surface area contributed by atoms with Crippen LogP contribution in [0.3, 0.4) is 0 Å². The number of benzene rings is 1. The molecule has 0 atom stereocenters. The topological polar surface area (TPSA) is 80.8 Å². The van der Waals surface area contributed by atoms with Gasteiger partial charge in [-0.2, -0.15) is 0 Å². The maximum atomic E-state index is 13.0. The second-order valence-corrected chi connectivity index (χ2v) is 9.97. The van der Waals surface area contributed by atoms with E-state index in [1.807, 2.05) is 18.2 Å². The van der Waals surface area contributed by atoms with E-state index in [-0.39, 0.29) is 4.90 Å². The van der Waals surface area contributed by atoms with Crippen LogP contribution in [0, 0.1) is 0 Å². The monoisotopic (exact) mass is 445 g/mol. The fourth-order valence-corrected chi connectivity index (χ4v) is 5.41. The molecule has 0 bridgehead atoms. The molecule has 1 aliphatic carbocycles. The lowest BCUT2D eigenvalue weighted by molar-refractivity contribution is 0.0257. The molecule has 7 nitrogen and oxygen atoms in total. The predicted octanol–water partition coefficient (Wildman–Crippen LogP) is 3.20. The van der Waals surface area contributed by atoms with Crippen LogP contribution >= 0.6 is 0 Å². The minimum absolute atomic E-state index is 0.230. The van der Waals surface area contributed by atoms with Crippen LogP contribution in [-0.2, 0) is 27.6 Å². The van der Waals surface area contributed by atoms with Crippen molar-refractivity contribution in [1.82, 2.24) is 9.88 Å². The number of methoxy groups -OCH3 is 2. The Morgan fingerprint density at radius 1 is 1.13 bits per heavy atom. The number of nitrogens with one attached hydrogen (secondary N) is 1. The van der Waals surface area contributed by atoms with E-state index in [9.17, 15) is 8.42 Å². The maximum Gasteiger partial charge on any atom is 0.262 e. The molecule has 31 heavy (non-hydrogen) atoms. The second kappa shape index (κ2) is 9.14. The third-order valence-corrected chi connectivity index (χ3v) is 7.87. The van der Waals surface area contributed by atoms with E-state index in [1.54, 1.807) is 19.2 Å². The Bertz CT molecular complexity index is 1020. The smallest absolute Gasteiger partial charge is 0.262 e. The average Bonchev–Trinajstić information content (AvgIpc) is 2.94. The third kappa shape index (κ3) is 4.71. The van der Waals surface area contributed by atoms with Crippen molar-refractivity contribution in [3.05, 3.63) is 47.2 Å². The average molecular weight is 446 g/mol. The van der Waals surface area contributed by atoms with E-state index < -0.39 is 10.0 Å². The predicted molar refractivity (Wildman–Crippen MR) is 120 cm³/mol. The summed E-state index contributed by atoms with van der Waals surface area (Å²) in [6, 6.07) is 9.01. The lowest BCUT2D eigenvalue weighted by Gasteiger charge is -2.34. The van der Waals surface area contributed by atoms with Crippen molar-refractivity contribution in [2.24, 2.45) is 0 Å². The van der Waals surface area contributed by atoms with Crippen molar-refractivity contribution in [2.75, 3.05) is 38.6 Å². The van der Waals surface area contributed by atoms with Gasteiger partial charge in [-0.3, -0.25) is 4.72 Å². The van der Waals surface area contributed by atoms with Gasteiger partial charge in [0.2, 0.25) is 5.88 Å². The summed E-state index contributed by atoms with van der Waals surface area (Å²) in [7, 11) is -0.503. The number of sulfonamides is 1. The zero-order valence-corrected chi connectivity index (χ0v) is 19.2. The van der Waals surface area contributed by atoms with Gasteiger partial charge in [0.1, 0.15) is 5.69 Å². The molecule has 0 saturated heterocycles. The fraction of sp³-hybridized carbons (Fsp3) is 0.522. The van der Waals surface area contributed by atoms with Crippen molar-refractivity contribution in [2.45, 2.75) is 49.5 Å². The lowest BCUT2D eigenvalue weighted by atomic mass is 9.77. The van der Waals surface area contributed by atoms with Gasteiger partial charge in [-0.1, -0.05) is 19.1 Å². The summed E-state index contributed by atoms with van der Waals surface area (Å²) >= 11 is 0. The number of fused-ring (bicyclic) bond motifs is 1. The van der Waals surface area contributed by atoms with Crippen LogP contribution in [0.15, 0.2) is 35.2 Å². The van der Waals surface area contributed by atoms with Gasteiger partial charge in [-0.25, -0.2) is 13.4 Å². The molecule has 0 unspecified atom stereocenters. The first-order valence-corrected chi connectivity index (χ1v) is 12.4. The SMILES string of the molecule is CCN1CCc2cc(NS(=O)(=O)c3ccc([C@H]4C[C@@H](OC)C4)cc3)c(OC)nc2CC1. The van der Waals surface area contributed by atoms with Gasteiger partial charge < -0.3 is 14.4 Å². The number of pyridine rings is 1. The molecule has 2 aliphatic rings. The molecule has 8 heteroatoms. The minimum atomic E-state index is -3.75. The maximum absolute atomic E-state index is 13.0. The van der Waals surface area contributed by atoms with Gasteiger partial charge in [0.15, 0.2) is 0 Å². The van der Waals surface area contributed by atoms with E-state index in [0.29, 0.717) is 23.6 Å². The summed E-state index contributed by atoms with van der Waals surface area (Å²) < 4.78 is 39.5. The first kappa shape index (κ1) is 22.0. The molecule has 0 amide bonds. The van der Waals surface area contributed by atoms with Gasteiger partial charge in [-0.05, 0) is 61.1 Å². The van der Waals surface area contributed by atoms with E-state index in [4.69, 9.17) is 9.47 Å². The van der Waals surface area contributed by atoms with Crippen LogP contribution in [0.1, 0.15) is 42.5 Å². The number of rotatable bonds is 7.